The van der Waals surface area contributed by atoms with Crippen LogP contribution in [0.25, 0.3) is 27.9 Å². The molecule has 0 aliphatic carbocycles. The van der Waals surface area contributed by atoms with E-state index in [1.807, 2.05) is 24.3 Å². The van der Waals surface area contributed by atoms with E-state index >= 15 is 0 Å². The average molecular weight is 392 g/mol. The lowest BCUT2D eigenvalue weighted by molar-refractivity contribution is 0.0123. The monoisotopic (exact) mass is 392 g/mol. The Balaban J connectivity index is 1.98. The van der Waals surface area contributed by atoms with Crippen LogP contribution >= 0.6 is 0 Å². The van der Waals surface area contributed by atoms with Crippen LogP contribution in [0.5, 0.6) is 5.75 Å². The first-order valence-electron chi connectivity index (χ1n) is 9.05. The minimum atomic E-state index is -0.611. The number of benzene rings is 2. The molecular formula is C21H20N4O4. The molecule has 4 rings (SSSR count). The highest BCUT2D eigenvalue weighted by Gasteiger charge is 2.27. The molecule has 0 unspecified atom stereocenters. The van der Waals surface area contributed by atoms with Crippen LogP contribution < -0.4 is 5.73 Å². The number of nitrogen functional groups attached to an aromatic ring is 1. The number of hydrogen-bond acceptors (Lipinski definition) is 7. The number of methoxy groups -OCH3 is 1. The number of phenolic OH excluding ortho intramolecular Hbond substituents is 1. The Morgan fingerprint density at radius 3 is 2.59 bits per heavy atom. The lowest BCUT2D eigenvalue weighted by Gasteiger charge is -2.12. The minimum Gasteiger partial charge on any atom is -0.508 e. The number of nitrogens with two attached hydrogens (primary N) is 1. The Labute approximate surface area is 166 Å². The van der Waals surface area contributed by atoms with Gasteiger partial charge in [-0.15, -0.1) is 0 Å². The first-order chi connectivity index (χ1) is 14.0. The second-order valence-electron chi connectivity index (χ2n) is 6.67. The molecule has 8 nitrogen and oxygen atoms in total. The number of aromatic hydroxyl groups is 1. The van der Waals surface area contributed by atoms with E-state index in [0.29, 0.717) is 27.9 Å². The summed E-state index contributed by atoms with van der Waals surface area (Å²) in [7, 11) is 1.53. The van der Waals surface area contributed by atoms with Gasteiger partial charge in [0.1, 0.15) is 28.8 Å². The predicted octanol–water partition coefficient (Wildman–Crippen LogP) is 3.05. The molecule has 0 radical (unpaired) electrons. The van der Waals surface area contributed by atoms with Crippen molar-refractivity contribution in [2.45, 2.75) is 13.0 Å². The molecular weight excluding hydrogens is 372 g/mol. The van der Waals surface area contributed by atoms with E-state index in [2.05, 4.69) is 9.97 Å². The van der Waals surface area contributed by atoms with Gasteiger partial charge in [-0.25, -0.2) is 14.8 Å². The number of esters is 1. The maximum absolute atomic E-state index is 12.9. The Bertz CT molecular complexity index is 1220. The number of anilines is 1. The summed E-state index contributed by atoms with van der Waals surface area (Å²) in [6.07, 6.45) is -0.459. The summed E-state index contributed by atoms with van der Waals surface area (Å²) in [5.74, 6) is -0.411. The fourth-order valence-electron chi connectivity index (χ4n) is 3.27. The molecule has 2 aromatic carbocycles. The van der Waals surface area contributed by atoms with Crippen LogP contribution in [0.3, 0.4) is 0 Å². The molecule has 2 aromatic heterocycles. The first-order valence-corrected chi connectivity index (χ1v) is 9.05. The summed E-state index contributed by atoms with van der Waals surface area (Å²) in [6, 6.07) is 13.9. The quantitative estimate of drug-likeness (QED) is 0.502. The number of hydrogen-bond donors (Lipinski definition) is 2. The second-order valence-corrected chi connectivity index (χ2v) is 6.67. The van der Waals surface area contributed by atoms with Crippen LogP contribution in [-0.2, 0) is 9.47 Å². The van der Waals surface area contributed by atoms with E-state index in [1.165, 1.54) is 13.2 Å². The van der Waals surface area contributed by atoms with E-state index in [9.17, 15) is 9.90 Å². The van der Waals surface area contributed by atoms with Gasteiger partial charge in [0.15, 0.2) is 5.65 Å². The number of aromatic nitrogens is 3. The van der Waals surface area contributed by atoms with E-state index in [4.69, 9.17) is 15.2 Å². The van der Waals surface area contributed by atoms with Crippen molar-refractivity contribution in [2.75, 3.05) is 19.5 Å². The van der Waals surface area contributed by atoms with Crippen molar-refractivity contribution in [1.82, 2.24) is 14.5 Å². The van der Waals surface area contributed by atoms with E-state index < -0.39 is 12.1 Å². The van der Waals surface area contributed by atoms with Crippen LogP contribution in [0.4, 0.5) is 5.82 Å². The van der Waals surface area contributed by atoms with E-state index in [-0.39, 0.29) is 23.7 Å². The van der Waals surface area contributed by atoms with E-state index in [1.54, 1.807) is 29.7 Å². The summed E-state index contributed by atoms with van der Waals surface area (Å²) >= 11 is 0. The highest BCUT2D eigenvalue weighted by atomic mass is 16.6. The summed E-state index contributed by atoms with van der Waals surface area (Å²) in [5, 5.41) is 9.91. The molecule has 2 heterocycles. The van der Waals surface area contributed by atoms with Gasteiger partial charge in [-0.3, -0.25) is 4.57 Å². The lowest BCUT2D eigenvalue weighted by atomic mass is 10.2. The van der Waals surface area contributed by atoms with Crippen LogP contribution in [0.2, 0.25) is 0 Å². The molecule has 0 aliphatic heterocycles. The van der Waals surface area contributed by atoms with Gasteiger partial charge in [0.05, 0.1) is 23.3 Å². The summed E-state index contributed by atoms with van der Waals surface area (Å²) < 4.78 is 12.1. The zero-order valence-corrected chi connectivity index (χ0v) is 16.0. The second kappa shape index (κ2) is 7.40. The fraction of sp³-hybridized carbons (Fsp3) is 0.190. The van der Waals surface area contributed by atoms with Gasteiger partial charge >= 0.3 is 5.97 Å². The van der Waals surface area contributed by atoms with Gasteiger partial charge in [-0.1, -0.05) is 18.2 Å². The maximum atomic E-state index is 12.9. The molecule has 1 atom stereocenters. The van der Waals surface area contributed by atoms with Gasteiger partial charge in [0.25, 0.3) is 0 Å². The lowest BCUT2D eigenvalue weighted by Crippen LogP contribution is -2.20. The first kappa shape index (κ1) is 18.7. The van der Waals surface area contributed by atoms with Crippen molar-refractivity contribution in [2.24, 2.45) is 0 Å². The fourth-order valence-corrected chi connectivity index (χ4v) is 3.27. The number of carbonyl (C=O) groups is 1. The normalized spacial score (nSPS) is 12.3. The van der Waals surface area contributed by atoms with Crippen LogP contribution in [0.1, 0.15) is 17.3 Å². The van der Waals surface area contributed by atoms with Crippen molar-refractivity contribution in [3.05, 3.63) is 54.1 Å². The molecule has 8 heteroatoms. The number of para-hydroxylation sites is 2. The molecule has 0 bridgehead atoms. The van der Waals surface area contributed by atoms with Crippen molar-refractivity contribution in [1.29, 1.82) is 0 Å². The molecule has 0 saturated heterocycles. The summed E-state index contributed by atoms with van der Waals surface area (Å²) in [5.41, 5.74) is 9.09. The number of ether oxygens (including phenoxy) is 2. The molecule has 29 heavy (non-hydrogen) atoms. The molecule has 0 spiro atoms. The highest BCUT2D eigenvalue weighted by Crippen LogP contribution is 2.32. The van der Waals surface area contributed by atoms with Crippen molar-refractivity contribution in [3.8, 4) is 11.4 Å². The third-order valence-electron chi connectivity index (χ3n) is 4.50. The average Bonchev–Trinajstić information content (AvgIpc) is 2.97. The minimum absolute atomic E-state index is 0.0651. The third kappa shape index (κ3) is 3.34. The number of fused-ring (bicyclic) bond motifs is 2. The van der Waals surface area contributed by atoms with Crippen molar-refractivity contribution >= 4 is 34.0 Å². The maximum Gasteiger partial charge on any atom is 0.344 e. The SMILES string of the molecule is COC[C@H](C)OC(=O)c1c(N)n(-c2cccc(O)c2)c2nc3ccccc3nc12. The number of phenols is 1. The standard InChI is InChI=1S/C21H20N4O4/c1-12(11-28-2)29-21(27)17-18-20(24-16-9-4-3-8-15(16)23-18)25(19(17)22)13-6-5-7-14(26)10-13/h3-10,12,26H,11,22H2,1-2H3/t12-/m0/s1. The van der Waals surface area contributed by atoms with Gasteiger partial charge < -0.3 is 20.3 Å². The highest BCUT2D eigenvalue weighted by molar-refractivity contribution is 6.09. The van der Waals surface area contributed by atoms with Crippen LogP contribution in [0.15, 0.2) is 48.5 Å². The molecule has 0 fully saturated rings. The largest absolute Gasteiger partial charge is 0.508 e. The van der Waals surface area contributed by atoms with E-state index in [0.717, 1.165) is 0 Å². The summed E-state index contributed by atoms with van der Waals surface area (Å²) in [6.45, 7) is 1.98. The van der Waals surface area contributed by atoms with Crippen LogP contribution in [-0.4, -0.2) is 45.4 Å². The van der Waals surface area contributed by atoms with Gasteiger partial charge in [-0.05, 0) is 31.2 Å². The van der Waals surface area contributed by atoms with Crippen molar-refractivity contribution in [3.63, 3.8) is 0 Å². The van der Waals surface area contributed by atoms with Crippen LogP contribution in [0, 0.1) is 0 Å². The van der Waals surface area contributed by atoms with Crippen molar-refractivity contribution < 1.29 is 19.4 Å². The predicted molar refractivity (Wildman–Crippen MR) is 109 cm³/mol. The molecule has 3 N–H and O–H groups in total. The van der Waals surface area contributed by atoms with Gasteiger partial charge in [-0.2, -0.15) is 0 Å². The molecule has 0 amide bonds. The zero-order chi connectivity index (χ0) is 20.5. The Morgan fingerprint density at radius 1 is 1.17 bits per heavy atom. The Kier molecular flexibility index (Phi) is 4.77. The summed E-state index contributed by atoms with van der Waals surface area (Å²) in [4.78, 5) is 22.2. The molecule has 0 saturated carbocycles. The Morgan fingerprint density at radius 2 is 1.90 bits per heavy atom. The van der Waals surface area contributed by atoms with Gasteiger partial charge in [0, 0.05) is 13.2 Å². The third-order valence-corrected chi connectivity index (χ3v) is 4.50. The van der Waals surface area contributed by atoms with Gasteiger partial charge in [0.2, 0.25) is 0 Å². The number of nitrogens with zero attached hydrogens (tertiary/aromatic N) is 3. The Hall–Kier alpha value is -3.65. The molecule has 4 aromatic rings. The smallest absolute Gasteiger partial charge is 0.344 e. The topological polar surface area (TPSA) is 112 Å². The molecule has 148 valence electrons. The molecule has 0 aliphatic rings. The number of carbonyl (C=O) groups excluding carboxylic acids is 1. The number of rotatable bonds is 5. The zero-order valence-electron chi connectivity index (χ0n) is 16.0.